The Hall–Kier alpha value is -1.72. The summed E-state index contributed by atoms with van der Waals surface area (Å²) in [4.78, 5) is 14.4. The second kappa shape index (κ2) is 7.33. The average molecular weight is 306 g/mol. The summed E-state index contributed by atoms with van der Waals surface area (Å²) in [5.41, 5.74) is 0.475. The Morgan fingerprint density at radius 2 is 2.14 bits per heavy atom. The first-order chi connectivity index (χ1) is 10.0. The third kappa shape index (κ3) is 5.28. The van der Waals surface area contributed by atoms with E-state index in [0.717, 1.165) is 6.42 Å². The molecule has 0 spiro atoms. The molecule has 112 valence electrons. The first-order valence-electron chi connectivity index (χ1n) is 6.87. The van der Waals surface area contributed by atoms with Crippen LogP contribution in [0.15, 0.2) is 36.4 Å². The van der Waals surface area contributed by atoms with Crippen LogP contribution in [0.4, 0.5) is 10.1 Å². The topological polar surface area (TPSA) is 41.1 Å². The van der Waals surface area contributed by atoms with Gasteiger partial charge in [-0.2, -0.15) is 0 Å². The number of halogens is 1. The van der Waals surface area contributed by atoms with Crippen molar-refractivity contribution in [3.05, 3.63) is 52.0 Å². The molecular formula is C16H19FN2OS. The van der Waals surface area contributed by atoms with Crippen LogP contribution in [0, 0.1) is 12.7 Å². The first-order valence-corrected chi connectivity index (χ1v) is 7.68. The predicted octanol–water partition coefficient (Wildman–Crippen LogP) is 3.35. The van der Waals surface area contributed by atoms with E-state index in [2.05, 4.69) is 29.7 Å². The minimum Gasteiger partial charge on any atom is -0.325 e. The maximum Gasteiger partial charge on any atom is 0.238 e. The number of amides is 1. The number of benzene rings is 1. The van der Waals surface area contributed by atoms with E-state index in [4.69, 9.17) is 0 Å². The molecule has 1 atom stereocenters. The van der Waals surface area contributed by atoms with Crippen molar-refractivity contribution in [2.45, 2.75) is 26.3 Å². The van der Waals surface area contributed by atoms with Crippen LogP contribution in [-0.2, 0) is 11.2 Å². The van der Waals surface area contributed by atoms with Gasteiger partial charge < -0.3 is 10.6 Å². The highest BCUT2D eigenvalue weighted by Crippen LogP contribution is 2.16. The summed E-state index contributed by atoms with van der Waals surface area (Å²) >= 11 is 1.77. The van der Waals surface area contributed by atoms with Gasteiger partial charge >= 0.3 is 0 Å². The van der Waals surface area contributed by atoms with Gasteiger partial charge in [0.1, 0.15) is 5.82 Å². The predicted molar refractivity (Wildman–Crippen MR) is 85.3 cm³/mol. The normalized spacial score (nSPS) is 12.1. The number of aryl methyl sites for hydroxylation is 1. The number of hydrogen-bond acceptors (Lipinski definition) is 3. The zero-order chi connectivity index (χ0) is 15.2. The fraction of sp³-hybridized carbons (Fsp3) is 0.312. The van der Waals surface area contributed by atoms with E-state index < -0.39 is 0 Å². The molecule has 1 amide bonds. The molecule has 1 unspecified atom stereocenters. The quantitative estimate of drug-likeness (QED) is 0.859. The molecule has 0 radical (unpaired) electrons. The molecule has 0 fully saturated rings. The van der Waals surface area contributed by atoms with E-state index in [1.165, 1.54) is 21.9 Å². The van der Waals surface area contributed by atoms with Crippen LogP contribution in [0.1, 0.15) is 16.7 Å². The molecule has 2 aromatic rings. The smallest absolute Gasteiger partial charge is 0.238 e. The fourth-order valence-electron chi connectivity index (χ4n) is 2.01. The van der Waals surface area contributed by atoms with Crippen LogP contribution in [0.25, 0.3) is 0 Å². The van der Waals surface area contributed by atoms with E-state index in [0.29, 0.717) is 5.69 Å². The van der Waals surface area contributed by atoms with Crippen molar-refractivity contribution in [2.24, 2.45) is 0 Å². The Kier molecular flexibility index (Phi) is 5.47. The van der Waals surface area contributed by atoms with Gasteiger partial charge in [-0.3, -0.25) is 4.79 Å². The van der Waals surface area contributed by atoms with E-state index in [9.17, 15) is 9.18 Å². The maximum atomic E-state index is 13.0. The molecule has 5 heteroatoms. The Morgan fingerprint density at radius 1 is 1.33 bits per heavy atom. The number of carbonyl (C=O) groups excluding carboxylic acids is 1. The van der Waals surface area contributed by atoms with Gasteiger partial charge in [0.05, 0.1) is 6.54 Å². The fourth-order valence-corrected chi connectivity index (χ4v) is 3.03. The third-order valence-corrected chi connectivity index (χ3v) is 4.05. The van der Waals surface area contributed by atoms with Crippen LogP contribution in [-0.4, -0.2) is 18.5 Å². The number of rotatable bonds is 6. The van der Waals surface area contributed by atoms with E-state index in [1.54, 1.807) is 23.5 Å². The molecule has 0 aliphatic carbocycles. The van der Waals surface area contributed by atoms with Crippen LogP contribution in [0.2, 0.25) is 0 Å². The summed E-state index contributed by atoms with van der Waals surface area (Å²) in [6, 6.07) is 10.3. The van der Waals surface area contributed by atoms with Gasteiger partial charge in [-0.1, -0.05) is 6.07 Å². The summed E-state index contributed by atoms with van der Waals surface area (Å²) in [7, 11) is 0. The summed E-state index contributed by atoms with van der Waals surface area (Å²) in [5.74, 6) is -0.531. The standard InChI is InChI=1S/C16H19FN2OS/c1-11(8-15-7-6-12(2)21-15)18-10-16(20)19-14-5-3-4-13(17)9-14/h3-7,9,11,18H,8,10H2,1-2H3,(H,19,20). The monoisotopic (exact) mass is 306 g/mol. The molecule has 0 saturated heterocycles. The SMILES string of the molecule is Cc1ccc(CC(C)NCC(=O)Nc2cccc(F)c2)s1. The molecule has 0 aliphatic rings. The van der Waals surface area contributed by atoms with Gasteiger partial charge in [0.15, 0.2) is 0 Å². The third-order valence-electron chi connectivity index (χ3n) is 3.02. The van der Waals surface area contributed by atoms with Crippen LogP contribution < -0.4 is 10.6 Å². The molecule has 0 bridgehead atoms. The summed E-state index contributed by atoms with van der Waals surface area (Å²) in [6.07, 6.45) is 0.895. The Labute approximate surface area is 128 Å². The first kappa shape index (κ1) is 15.7. The Morgan fingerprint density at radius 3 is 2.81 bits per heavy atom. The van der Waals surface area contributed by atoms with Crippen LogP contribution in [0.5, 0.6) is 0 Å². The zero-order valence-corrected chi connectivity index (χ0v) is 13.0. The lowest BCUT2D eigenvalue weighted by Gasteiger charge is -2.13. The minimum atomic E-state index is -0.359. The van der Waals surface area contributed by atoms with E-state index >= 15 is 0 Å². The number of hydrogen-bond donors (Lipinski definition) is 2. The molecule has 1 aromatic carbocycles. The lowest BCUT2D eigenvalue weighted by Crippen LogP contribution is -2.35. The summed E-state index contributed by atoms with van der Waals surface area (Å²) in [5, 5.41) is 5.84. The van der Waals surface area contributed by atoms with E-state index in [1.807, 2.05) is 6.92 Å². The molecular weight excluding hydrogens is 287 g/mol. The number of carbonyl (C=O) groups is 1. The lowest BCUT2D eigenvalue weighted by molar-refractivity contribution is -0.115. The van der Waals surface area contributed by atoms with Gasteiger partial charge in [-0.25, -0.2) is 4.39 Å². The molecule has 0 saturated carbocycles. The second-order valence-electron chi connectivity index (χ2n) is 5.06. The van der Waals surface area contributed by atoms with E-state index in [-0.39, 0.29) is 24.3 Å². The van der Waals surface area contributed by atoms with Crippen molar-refractivity contribution in [1.29, 1.82) is 0 Å². The Balaban J connectivity index is 1.75. The molecule has 1 aromatic heterocycles. The second-order valence-corrected chi connectivity index (χ2v) is 6.43. The lowest BCUT2D eigenvalue weighted by atomic mass is 10.2. The van der Waals surface area contributed by atoms with Gasteiger partial charge in [0.25, 0.3) is 0 Å². The molecule has 2 rings (SSSR count). The number of nitrogens with one attached hydrogen (secondary N) is 2. The maximum absolute atomic E-state index is 13.0. The van der Waals surface area contributed by atoms with Gasteiger partial charge in [0, 0.05) is 21.5 Å². The van der Waals surface area contributed by atoms with Crippen molar-refractivity contribution in [3.63, 3.8) is 0 Å². The highest BCUT2D eigenvalue weighted by atomic mass is 32.1. The molecule has 2 N–H and O–H groups in total. The molecule has 3 nitrogen and oxygen atoms in total. The summed E-state index contributed by atoms with van der Waals surface area (Å²) < 4.78 is 13.0. The molecule has 1 heterocycles. The molecule has 21 heavy (non-hydrogen) atoms. The van der Waals surface area contributed by atoms with Crippen molar-refractivity contribution in [1.82, 2.24) is 5.32 Å². The summed E-state index contributed by atoms with van der Waals surface area (Å²) in [6.45, 7) is 4.34. The Bertz CT molecular complexity index is 612. The number of thiophene rings is 1. The van der Waals surface area contributed by atoms with Gasteiger partial charge in [-0.05, 0) is 50.6 Å². The van der Waals surface area contributed by atoms with Crippen LogP contribution >= 0.6 is 11.3 Å². The van der Waals surface area contributed by atoms with Crippen molar-refractivity contribution >= 4 is 22.9 Å². The largest absolute Gasteiger partial charge is 0.325 e. The minimum absolute atomic E-state index is 0.171. The van der Waals surface area contributed by atoms with Crippen molar-refractivity contribution < 1.29 is 9.18 Å². The number of anilines is 1. The zero-order valence-electron chi connectivity index (χ0n) is 12.2. The van der Waals surface area contributed by atoms with Crippen molar-refractivity contribution in [3.8, 4) is 0 Å². The highest BCUT2D eigenvalue weighted by Gasteiger charge is 2.08. The van der Waals surface area contributed by atoms with Crippen LogP contribution in [0.3, 0.4) is 0 Å². The molecule has 0 aliphatic heterocycles. The van der Waals surface area contributed by atoms with Gasteiger partial charge in [-0.15, -0.1) is 11.3 Å². The van der Waals surface area contributed by atoms with Gasteiger partial charge in [0.2, 0.25) is 5.91 Å². The highest BCUT2D eigenvalue weighted by molar-refractivity contribution is 7.11. The average Bonchev–Trinajstić information content (AvgIpc) is 2.82. The van der Waals surface area contributed by atoms with Crippen molar-refractivity contribution in [2.75, 3.05) is 11.9 Å².